The molecule has 2 aromatic rings. The molecule has 0 saturated heterocycles. The number of benzene rings is 2. The van der Waals surface area contributed by atoms with Crippen molar-refractivity contribution in [3.63, 3.8) is 0 Å². The standard InChI is InChI=1S/C20H23N3O2.ClH/c1-14-7-10-16(20(25)22-17-5-3-2-4-6-17)11-18(14)23-19(24)13-21-12-15-8-9-15;/h2-7,10-11,15,21H,8-9,12-13H2,1H3,(H,22,25)(H,23,24);1H. The van der Waals surface area contributed by atoms with Gasteiger partial charge in [0.25, 0.3) is 5.91 Å². The SMILES string of the molecule is Cc1ccc(C(=O)Nc2ccccc2)cc1NC(=O)CNCC1CC1.Cl. The highest BCUT2D eigenvalue weighted by Gasteiger charge is 2.20. The number of anilines is 2. The van der Waals surface area contributed by atoms with Crippen molar-refractivity contribution in [2.24, 2.45) is 5.92 Å². The molecule has 0 spiro atoms. The van der Waals surface area contributed by atoms with Gasteiger partial charge in [0.2, 0.25) is 5.91 Å². The Morgan fingerprint density at radius 1 is 1.04 bits per heavy atom. The smallest absolute Gasteiger partial charge is 0.255 e. The van der Waals surface area contributed by atoms with E-state index in [4.69, 9.17) is 0 Å². The molecular formula is C20H24ClN3O2. The van der Waals surface area contributed by atoms with Crippen LogP contribution in [0, 0.1) is 12.8 Å². The van der Waals surface area contributed by atoms with E-state index in [-0.39, 0.29) is 30.8 Å². The molecule has 0 bridgehead atoms. The number of rotatable bonds is 7. The maximum atomic E-state index is 12.4. The predicted molar refractivity (Wildman–Crippen MR) is 107 cm³/mol. The molecule has 138 valence electrons. The molecule has 1 aliphatic rings. The van der Waals surface area contributed by atoms with Crippen LogP contribution in [0.2, 0.25) is 0 Å². The van der Waals surface area contributed by atoms with Crippen LogP contribution in [0.15, 0.2) is 48.5 Å². The molecule has 0 aromatic heterocycles. The molecule has 26 heavy (non-hydrogen) atoms. The molecule has 1 fully saturated rings. The van der Waals surface area contributed by atoms with Gasteiger partial charge in [-0.2, -0.15) is 0 Å². The maximum Gasteiger partial charge on any atom is 0.255 e. The van der Waals surface area contributed by atoms with Crippen LogP contribution in [0.25, 0.3) is 0 Å². The number of nitrogens with one attached hydrogen (secondary N) is 3. The van der Waals surface area contributed by atoms with Crippen LogP contribution in [0.4, 0.5) is 11.4 Å². The highest BCUT2D eigenvalue weighted by atomic mass is 35.5. The van der Waals surface area contributed by atoms with Crippen molar-refractivity contribution in [2.75, 3.05) is 23.7 Å². The van der Waals surface area contributed by atoms with E-state index in [9.17, 15) is 9.59 Å². The van der Waals surface area contributed by atoms with Gasteiger partial charge in [-0.15, -0.1) is 12.4 Å². The lowest BCUT2D eigenvalue weighted by molar-refractivity contribution is -0.115. The highest BCUT2D eigenvalue weighted by Crippen LogP contribution is 2.27. The zero-order chi connectivity index (χ0) is 17.6. The van der Waals surface area contributed by atoms with E-state index in [1.54, 1.807) is 12.1 Å². The number of hydrogen-bond donors (Lipinski definition) is 3. The second-order valence-corrected chi connectivity index (χ2v) is 6.47. The average molecular weight is 374 g/mol. The second kappa shape index (κ2) is 9.36. The lowest BCUT2D eigenvalue weighted by Gasteiger charge is -2.11. The number of carbonyl (C=O) groups excluding carboxylic acids is 2. The van der Waals surface area contributed by atoms with Gasteiger partial charge in [-0.05, 0) is 62.1 Å². The first kappa shape index (κ1) is 19.9. The van der Waals surface area contributed by atoms with Crippen molar-refractivity contribution in [3.8, 4) is 0 Å². The van der Waals surface area contributed by atoms with Gasteiger partial charge >= 0.3 is 0 Å². The predicted octanol–water partition coefficient (Wildman–Crippen LogP) is 3.61. The molecule has 0 unspecified atom stereocenters. The second-order valence-electron chi connectivity index (χ2n) is 6.47. The van der Waals surface area contributed by atoms with Gasteiger partial charge < -0.3 is 16.0 Å². The Morgan fingerprint density at radius 2 is 1.77 bits per heavy atom. The number of amides is 2. The average Bonchev–Trinajstić information content (AvgIpc) is 3.42. The third-order valence-electron chi connectivity index (χ3n) is 4.22. The third kappa shape index (κ3) is 5.86. The molecule has 3 rings (SSSR count). The Morgan fingerprint density at radius 3 is 2.46 bits per heavy atom. The molecule has 0 heterocycles. The Kier molecular flexibility index (Phi) is 7.18. The first-order valence-electron chi connectivity index (χ1n) is 8.59. The first-order valence-corrected chi connectivity index (χ1v) is 8.59. The van der Waals surface area contributed by atoms with E-state index in [1.165, 1.54) is 12.8 Å². The normalized spacial score (nSPS) is 12.8. The molecule has 0 radical (unpaired) electrons. The first-order chi connectivity index (χ1) is 12.1. The van der Waals surface area contributed by atoms with Gasteiger partial charge in [0.1, 0.15) is 0 Å². The van der Waals surface area contributed by atoms with E-state index >= 15 is 0 Å². The zero-order valence-electron chi connectivity index (χ0n) is 14.7. The minimum absolute atomic E-state index is 0. The number of aryl methyl sites for hydroxylation is 1. The van der Waals surface area contributed by atoms with E-state index in [0.29, 0.717) is 11.3 Å². The summed E-state index contributed by atoms with van der Waals surface area (Å²) >= 11 is 0. The molecular weight excluding hydrogens is 350 g/mol. The minimum atomic E-state index is -0.200. The van der Waals surface area contributed by atoms with Crippen LogP contribution in [-0.4, -0.2) is 24.9 Å². The van der Waals surface area contributed by atoms with Crippen LogP contribution in [0.1, 0.15) is 28.8 Å². The zero-order valence-corrected chi connectivity index (χ0v) is 15.6. The molecule has 5 nitrogen and oxygen atoms in total. The summed E-state index contributed by atoms with van der Waals surface area (Å²) in [6.45, 7) is 3.09. The summed E-state index contributed by atoms with van der Waals surface area (Å²) in [5.74, 6) is 0.442. The summed E-state index contributed by atoms with van der Waals surface area (Å²) in [4.78, 5) is 24.4. The van der Waals surface area contributed by atoms with Crippen molar-refractivity contribution in [1.29, 1.82) is 0 Å². The quantitative estimate of drug-likeness (QED) is 0.694. The van der Waals surface area contributed by atoms with Crippen molar-refractivity contribution in [2.45, 2.75) is 19.8 Å². The Bertz CT molecular complexity index is 761. The van der Waals surface area contributed by atoms with Gasteiger partial charge in [0, 0.05) is 16.9 Å². The number of para-hydroxylation sites is 1. The summed E-state index contributed by atoms with van der Waals surface area (Å²) in [5, 5.41) is 8.90. The van der Waals surface area contributed by atoms with E-state index in [2.05, 4.69) is 16.0 Å². The van der Waals surface area contributed by atoms with Gasteiger partial charge in [-0.3, -0.25) is 9.59 Å². The Hall–Kier alpha value is -2.37. The lowest BCUT2D eigenvalue weighted by Crippen LogP contribution is -2.29. The molecule has 1 aliphatic carbocycles. The van der Waals surface area contributed by atoms with Gasteiger partial charge in [-0.1, -0.05) is 24.3 Å². The number of hydrogen-bond acceptors (Lipinski definition) is 3. The van der Waals surface area contributed by atoms with Crippen molar-refractivity contribution in [3.05, 3.63) is 59.7 Å². The molecule has 0 atom stereocenters. The topological polar surface area (TPSA) is 70.2 Å². The van der Waals surface area contributed by atoms with Gasteiger partial charge in [0.15, 0.2) is 0 Å². The van der Waals surface area contributed by atoms with Crippen molar-refractivity contribution < 1.29 is 9.59 Å². The van der Waals surface area contributed by atoms with E-state index < -0.39 is 0 Å². The molecule has 1 saturated carbocycles. The van der Waals surface area contributed by atoms with Crippen LogP contribution in [0.3, 0.4) is 0 Å². The molecule has 3 N–H and O–H groups in total. The fourth-order valence-electron chi connectivity index (χ4n) is 2.53. The monoisotopic (exact) mass is 373 g/mol. The fraction of sp³-hybridized carbons (Fsp3) is 0.300. The highest BCUT2D eigenvalue weighted by molar-refractivity contribution is 6.05. The van der Waals surface area contributed by atoms with E-state index in [0.717, 1.165) is 23.7 Å². The van der Waals surface area contributed by atoms with E-state index in [1.807, 2.05) is 43.3 Å². The van der Waals surface area contributed by atoms with Crippen LogP contribution in [-0.2, 0) is 4.79 Å². The Balaban J connectivity index is 0.00000243. The summed E-state index contributed by atoms with van der Waals surface area (Å²) in [6, 6.07) is 14.6. The third-order valence-corrected chi connectivity index (χ3v) is 4.22. The molecule has 2 amide bonds. The molecule has 0 aliphatic heterocycles. The fourth-order valence-corrected chi connectivity index (χ4v) is 2.53. The number of carbonyl (C=O) groups is 2. The van der Waals surface area contributed by atoms with Gasteiger partial charge in [-0.25, -0.2) is 0 Å². The van der Waals surface area contributed by atoms with Crippen LogP contribution in [0.5, 0.6) is 0 Å². The van der Waals surface area contributed by atoms with Crippen molar-refractivity contribution >= 4 is 35.6 Å². The summed E-state index contributed by atoms with van der Waals surface area (Å²) < 4.78 is 0. The van der Waals surface area contributed by atoms with Crippen LogP contribution >= 0.6 is 12.4 Å². The van der Waals surface area contributed by atoms with Gasteiger partial charge in [0.05, 0.1) is 6.54 Å². The largest absolute Gasteiger partial charge is 0.325 e. The summed E-state index contributed by atoms with van der Waals surface area (Å²) in [7, 11) is 0. The molecule has 2 aromatic carbocycles. The number of halogens is 1. The maximum absolute atomic E-state index is 12.4. The van der Waals surface area contributed by atoms with Crippen molar-refractivity contribution in [1.82, 2.24) is 5.32 Å². The minimum Gasteiger partial charge on any atom is -0.325 e. The Labute approximate surface area is 160 Å². The molecule has 6 heteroatoms. The lowest BCUT2D eigenvalue weighted by atomic mass is 10.1. The summed E-state index contributed by atoms with van der Waals surface area (Å²) in [5.41, 5.74) is 2.84. The summed E-state index contributed by atoms with van der Waals surface area (Å²) in [6.07, 6.45) is 2.51. The van der Waals surface area contributed by atoms with Crippen LogP contribution < -0.4 is 16.0 Å².